The molecule has 0 spiro atoms. The zero-order valence-electron chi connectivity index (χ0n) is 8.71. The molecule has 0 aliphatic rings. The Hall–Kier alpha value is -0.580. The first-order chi connectivity index (χ1) is 7.72. The van der Waals surface area contributed by atoms with Gasteiger partial charge in [0.05, 0.1) is 6.04 Å². The van der Waals surface area contributed by atoms with Crippen LogP contribution in [0.15, 0.2) is 50.0 Å². The van der Waals surface area contributed by atoms with Crippen LogP contribution in [0.3, 0.4) is 0 Å². The molecule has 2 aromatic rings. The molecule has 0 amide bonds. The second kappa shape index (κ2) is 5.17. The normalized spacial score (nSPS) is 12.7. The second-order valence-electron chi connectivity index (χ2n) is 3.39. The number of nitrogens with one attached hydrogen (secondary N) is 1. The van der Waals surface area contributed by atoms with Gasteiger partial charge in [0, 0.05) is 4.47 Å². The Morgan fingerprint density at radius 1 is 1.12 bits per heavy atom. The van der Waals surface area contributed by atoms with Crippen molar-refractivity contribution in [3.05, 3.63) is 56.9 Å². The van der Waals surface area contributed by atoms with Crippen molar-refractivity contribution in [2.45, 2.75) is 6.04 Å². The van der Waals surface area contributed by atoms with Gasteiger partial charge in [-0.05, 0) is 46.7 Å². The third-order valence-electron chi connectivity index (χ3n) is 2.38. The molecule has 1 heterocycles. The summed E-state index contributed by atoms with van der Waals surface area (Å²) < 4.78 is 7.40. The van der Waals surface area contributed by atoms with E-state index in [4.69, 9.17) is 4.42 Å². The summed E-state index contributed by atoms with van der Waals surface area (Å²) in [6.07, 6.45) is 0. The number of rotatable bonds is 3. The Morgan fingerprint density at radius 3 is 2.44 bits per heavy atom. The molecule has 0 saturated heterocycles. The van der Waals surface area contributed by atoms with Gasteiger partial charge in [-0.25, -0.2) is 0 Å². The molecule has 0 saturated carbocycles. The molecule has 1 N–H and O–H groups in total. The van der Waals surface area contributed by atoms with Crippen molar-refractivity contribution >= 4 is 31.9 Å². The van der Waals surface area contributed by atoms with E-state index < -0.39 is 0 Å². The summed E-state index contributed by atoms with van der Waals surface area (Å²) in [6, 6.07) is 12.0. The van der Waals surface area contributed by atoms with Gasteiger partial charge in [-0.1, -0.05) is 34.1 Å². The molecule has 0 aliphatic carbocycles. The van der Waals surface area contributed by atoms with Crippen LogP contribution in [0.25, 0.3) is 0 Å². The second-order valence-corrected chi connectivity index (χ2v) is 5.02. The Balaban J connectivity index is 2.40. The van der Waals surface area contributed by atoms with Gasteiger partial charge in [-0.15, -0.1) is 0 Å². The SMILES string of the molecule is CNC(c1ccc(Br)o1)c1ccccc1Br. The van der Waals surface area contributed by atoms with Crippen LogP contribution >= 0.6 is 31.9 Å². The average Bonchev–Trinajstić information content (AvgIpc) is 2.69. The van der Waals surface area contributed by atoms with Crippen LogP contribution in [0.5, 0.6) is 0 Å². The van der Waals surface area contributed by atoms with Gasteiger partial charge in [-0.3, -0.25) is 0 Å². The van der Waals surface area contributed by atoms with Gasteiger partial charge in [0.1, 0.15) is 5.76 Å². The van der Waals surface area contributed by atoms with E-state index in [1.807, 2.05) is 37.4 Å². The van der Waals surface area contributed by atoms with E-state index in [-0.39, 0.29) is 6.04 Å². The summed E-state index contributed by atoms with van der Waals surface area (Å²) >= 11 is 6.86. The molecule has 16 heavy (non-hydrogen) atoms. The summed E-state index contributed by atoms with van der Waals surface area (Å²) in [6.45, 7) is 0. The first kappa shape index (κ1) is 11.9. The van der Waals surface area contributed by atoms with Crippen molar-refractivity contribution in [1.29, 1.82) is 0 Å². The summed E-state index contributed by atoms with van der Waals surface area (Å²) in [7, 11) is 1.92. The lowest BCUT2D eigenvalue weighted by Crippen LogP contribution is -2.17. The fourth-order valence-corrected chi connectivity index (χ4v) is 2.48. The molecule has 0 radical (unpaired) electrons. The van der Waals surface area contributed by atoms with Crippen LogP contribution in [-0.4, -0.2) is 7.05 Å². The zero-order chi connectivity index (χ0) is 11.5. The first-order valence-corrected chi connectivity index (χ1v) is 6.48. The first-order valence-electron chi connectivity index (χ1n) is 4.89. The average molecular weight is 345 g/mol. The minimum atomic E-state index is 0.0573. The summed E-state index contributed by atoms with van der Waals surface area (Å²) in [4.78, 5) is 0. The molecule has 1 aromatic carbocycles. The minimum absolute atomic E-state index is 0.0573. The molecule has 0 aliphatic heterocycles. The molecule has 4 heteroatoms. The predicted octanol–water partition coefficient (Wildman–Crippen LogP) is 4.11. The monoisotopic (exact) mass is 343 g/mol. The molecule has 1 aromatic heterocycles. The summed E-state index contributed by atoms with van der Waals surface area (Å²) in [5, 5.41) is 3.24. The van der Waals surface area contributed by atoms with Crippen LogP contribution in [0, 0.1) is 0 Å². The zero-order valence-corrected chi connectivity index (χ0v) is 11.9. The highest BCUT2D eigenvalue weighted by Crippen LogP contribution is 2.30. The van der Waals surface area contributed by atoms with Gasteiger partial charge in [0.15, 0.2) is 4.67 Å². The Kier molecular flexibility index (Phi) is 3.84. The molecular weight excluding hydrogens is 334 g/mol. The molecule has 2 rings (SSSR count). The van der Waals surface area contributed by atoms with Crippen LogP contribution in [0.2, 0.25) is 0 Å². The Morgan fingerprint density at radius 2 is 1.88 bits per heavy atom. The standard InChI is InChI=1S/C12H11Br2NO/c1-15-12(10-6-7-11(14)16-10)8-4-2-3-5-9(8)13/h2-7,12,15H,1H3. The quantitative estimate of drug-likeness (QED) is 0.906. The van der Waals surface area contributed by atoms with Gasteiger partial charge in [0.25, 0.3) is 0 Å². The van der Waals surface area contributed by atoms with E-state index >= 15 is 0 Å². The molecule has 0 fully saturated rings. The topological polar surface area (TPSA) is 25.2 Å². The smallest absolute Gasteiger partial charge is 0.169 e. The van der Waals surface area contributed by atoms with Gasteiger partial charge < -0.3 is 9.73 Å². The van der Waals surface area contributed by atoms with Crippen molar-refractivity contribution in [3.8, 4) is 0 Å². The number of halogens is 2. The number of benzene rings is 1. The molecule has 1 unspecified atom stereocenters. The third kappa shape index (κ3) is 2.39. The molecule has 2 nitrogen and oxygen atoms in total. The van der Waals surface area contributed by atoms with E-state index in [1.54, 1.807) is 0 Å². The Labute approximate surface area is 111 Å². The highest BCUT2D eigenvalue weighted by atomic mass is 79.9. The van der Waals surface area contributed by atoms with E-state index in [0.717, 1.165) is 20.5 Å². The largest absolute Gasteiger partial charge is 0.452 e. The van der Waals surface area contributed by atoms with Gasteiger partial charge in [-0.2, -0.15) is 0 Å². The lowest BCUT2D eigenvalue weighted by atomic mass is 10.1. The van der Waals surface area contributed by atoms with Gasteiger partial charge in [0.2, 0.25) is 0 Å². The van der Waals surface area contributed by atoms with Crippen LogP contribution in [-0.2, 0) is 0 Å². The fourth-order valence-electron chi connectivity index (χ4n) is 1.64. The maximum absolute atomic E-state index is 5.58. The lowest BCUT2D eigenvalue weighted by Gasteiger charge is -2.15. The van der Waals surface area contributed by atoms with E-state index in [0.29, 0.717) is 0 Å². The highest BCUT2D eigenvalue weighted by Gasteiger charge is 2.17. The van der Waals surface area contributed by atoms with E-state index in [2.05, 4.69) is 43.2 Å². The van der Waals surface area contributed by atoms with Crippen LogP contribution in [0.4, 0.5) is 0 Å². The molecule has 1 atom stereocenters. The summed E-state index contributed by atoms with van der Waals surface area (Å²) in [5.41, 5.74) is 1.16. The highest BCUT2D eigenvalue weighted by molar-refractivity contribution is 9.10. The fraction of sp³-hybridized carbons (Fsp3) is 0.167. The van der Waals surface area contributed by atoms with Crippen molar-refractivity contribution in [1.82, 2.24) is 5.32 Å². The molecule has 0 bridgehead atoms. The number of hydrogen-bond donors (Lipinski definition) is 1. The number of hydrogen-bond acceptors (Lipinski definition) is 2. The predicted molar refractivity (Wildman–Crippen MR) is 71.5 cm³/mol. The summed E-state index contributed by atoms with van der Waals surface area (Å²) in [5.74, 6) is 0.890. The van der Waals surface area contributed by atoms with Crippen LogP contribution < -0.4 is 5.32 Å². The van der Waals surface area contributed by atoms with Gasteiger partial charge >= 0.3 is 0 Å². The maximum Gasteiger partial charge on any atom is 0.169 e. The number of furan rings is 1. The molecule has 84 valence electrons. The van der Waals surface area contributed by atoms with E-state index in [9.17, 15) is 0 Å². The van der Waals surface area contributed by atoms with Crippen molar-refractivity contribution in [2.75, 3.05) is 7.05 Å². The maximum atomic E-state index is 5.58. The van der Waals surface area contributed by atoms with E-state index in [1.165, 1.54) is 0 Å². The minimum Gasteiger partial charge on any atom is -0.452 e. The van der Waals surface area contributed by atoms with Crippen molar-refractivity contribution < 1.29 is 4.42 Å². The van der Waals surface area contributed by atoms with Crippen molar-refractivity contribution in [2.24, 2.45) is 0 Å². The molecular formula is C12H11Br2NO. The van der Waals surface area contributed by atoms with Crippen molar-refractivity contribution in [3.63, 3.8) is 0 Å². The van der Waals surface area contributed by atoms with Crippen LogP contribution in [0.1, 0.15) is 17.4 Å². The lowest BCUT2D eigenvalue weighted by molar-refractivity contribution is 0.446. The third-order valence-corrected chi connectivity index (χ3v) is 3.53. The Bertz CT molecular complexity index is 481.